The molecule has 0 aromatic heterocycles. The van der Waals surface area contributed by atoms with Crippen LogP contribution in [-0.4, -0.2) is 58.8 Å². The highest BCUT2D eigenvalue weighted by Crippen LogP contribution is 2.32. The monoisotopic (exact) mass is 656 g/mol. The van der Waals surface area contributed by atoms with E-state index in [1.807, 2.05) is 48.6 Å². The van der Waals surface area contributed by atoms with Crippen LogP contribution in [0.1, 0.15) is 0 Å². The van der Waals surface area contributed by atoms with Gasteiger partial charge in [-0.1, -0.05) is 96.3 Å². The topological polar surface area (TPSA) is 55.4 Å². The highest BCUT2D eigenvalue weighted by atomic mass is 28.3. The van der Waals surface area contributed by atoms with Gasteiger partial charge in [0.15, 0.2) is 0 Å². The van der Waals surface area contributed by atoms with Crippen molar-refractivity contribution in [2.24, 2.45) is 0 Å². The first-order valence-electron chi connectivity index (χ1n) is 15.1. The van der Waals surface area contributed by atoms with E-state index in [-0.39, 0.29) is 0 Å². The lowest BCUT2D eigenvalue weighted by Gasteiger charge is -2.31. The summed E-state index contributed by atoms with van der Waals surface area (Å²) >= 11 is 0. The van der Waals surface area contributed by atoms with Gasteiger partial charge in [0.05, 0.1) is 42.7 Å². The molecule has 0 saturated heterocycles. The van der Waals surface area contributed by atoms with Crippen molar-refractivity contribution in [1.82, 2.24) is 0 Å². The first kappa shape index (κ1) is 36.1. The number of methoxy groups -OCH3 is 6. The fraction of sp³-hybridized carbons (Fsp3) is 0.263. The van der Waals surface area contributed by atoms with E-state index in [1.54, 1.807) is 42.7 Å². The third-order valence-corrected chi connectivity index (χ3v) is 17.1. The van der Waals surface area contributed by atoms with Crippen LogP contribution in [0.5, 0.6) is 34.5 Å². The average Bonchev–Trinajstić information content (AvgIpc) is 3.11. The number of ether oxygens (including phenoxy) is 6. The Bertz CT molecular complexity index is 1410. The zero-order valence-electron chi connectivity index (χ0n) is 28.5. The van der Waals surface area contributed by atoms with Crippen molar-refractivity contribution >= 4 is 36.9 Å². The van der Waals surface area contributed by atoms with Crippen molar-refractivity contribution in [3.8, 4) is 34.5 Å². The Morgan fingerprint density at radius 1 is 0.478 bits per heavy atom. The highest BCUT2D eigenvalue weighted by Gasteiger charge is 2.38. The molecule has 0 aliphatic carbocycles. The van der Waals surface area contributed by atoms with Crippen LogP contribution < -0.4 is 49.2 Å². The first-order chi connectivity index (χ1) is 22.2. The Kier molecular flexibility index (Phi) is 13.2. The summed E-state index contributed by atoms with van der Waals surface area (Å²) in [6.07, 6.45) is 3.98. The molecule has 4 aromatic carbocycles. The maximum Gasteiger partial charge on any atom is 0.128 e. The van der Waals surface area contributed by atoms with E-state index < -0.39 is 16.1 Å². The molecule has 0 amide bonds. The Hall–Kier alpha value is -4.41. The molecule has 4 rings (SSSR count). The lowest BCUT2D eigenvalue weighted by Crippen LogP contribution is -2.56. The average molecular weight is 657 g/mol. The molecule has 2 atom stereocenters. The Morgan fingerprint density at radius 3 is 0.978 bits per heavy atom. The summed E-state index contributed by atoms with van der Waals surface area (Å²) in [6, 6.07) is 30.6. The van der Waals surface area contributed by atoms with Gasteiger partial charge in [-0.3, -0.25) is 0 Å². The third-order valence-electron chi connectivity index (χ3n) is 8.46. The van der Waals surface area contributed by atoms with Crippen LogP contribution in [0.15, 0.2) is 110 Å². The predicted octanol–water partition coefficient (Wildman–Crippen LogP) is 6.18. The molecule has 244 valence electrons. The second-order valence-electron chi connectivity index (χ2n) is 11.2. The van der Waals surface area contributed by atoms with Crippen LogP contribution in [0.4, 0.5) is 0 Å². The van der Waals surface area contributed by atoms with E-state index in [0.717, 1.165) is 57.0 Å². The Labute approximate surface area is 277 Å². The molecular weight excluding hydrogens is 609 g/mol. The third kappa shape index (κ3) is 7.69. The second kappa shape index (κ2) is 16.8. The summed E-state index contributed by atoms with van der Waals surface area (Å²) < 4.78 is 33.5. The fourth-order valence-electron chi connectivity index (χ4n) is 6.02. The number of hydrogen-bond donors (Lipinski definition) is 0. The lowest BCUT2D eigenvalue weighted by atomic mass is 10.3. The molecule has 0 saturated carbocycles. The summed E-state index contributed by atoms with van der Waals surface area (Å²) in [5, 5.41) is 4.91. The molecule has 0 N–H and O–H groups in total. The molecule has 4 aromatic rings. The number of allylic oxidation sites excluding steroid dienone is 2. The quantitative estimate of drug-likeness (QED) is 0.119. The van der Waals surface area contributed by atoms with Gasteiger partial charge in [-0.15, -0.1) is 13.2 Å². The standard InChI is InChI=1S/2C19H24O3Si/c2*1-6-12-23(5,16-10-8-7-9-11-16)19-17(21-3)13-15(20-2)14-18(19)22-4/h2*6-11,13-14H,1,12H2,2-5H3/t2*23-/m00/s1. The molecule has 0 fully saturated rings. The molecule has 0 unspecified atom stereocenters. The van der Waals surface area contributed by atoms with Gasteiger partial charge in [-0.05, 0) is 12.1 Å². The van der Waals surface area contributed by atoms with Gasteiger partial charge in [0, 0.05) is 34.6 Å². The van der Waals surface area contributed by atoms with Gasteiger partial charge in [-0.2, -0.15) is 0 Å². The molecule has 46 heavy (non-hydrogen) atoms. The van der Waals surface area contributed by atoms with Crippen molar-refractivity contribution in [1.29, 1.82) is 0 Å². The molecule has 0 spiro atoms. The maximum atomic E-state index is 5.68. The maximum absolute atomic E-state index is 5.68. The Morgan fingerprint density at radius 2 is 0.761 bits per heavy atom. The summed E-state index contributed by atoms with van der Waals surface area (Å²) in [7, 11) is 5.85. The van der Waals surface area contributed by atoms with Crippen molar-refractivity contribution in [3.63, 3.8) is 0 Å². The van der Waals surface area contributed by atoms with Crippen LogP contribution in [0.2, 0.25) is 25.2 Å². The minimum absolute atomic E-state index is 0.727. The molecule has 0 bridgehead atoms. The van der Waals surface area contributed by atoms with Crippen molar-refractivity contribution < 1.29 is 28.4 Å². The van der Waals surface area contributed by atoms with E-state index in [4.69, 9.17) is 28.4 Å². The van der Waals surface area contributed by atoms with Gasteiger partial charge in [0.25, 0.3) is 0 Å². The molecule has 0 radical (unpaired) electrons. The highest BCUT2D eigenvalue weighted by molar-refractivity contribution is 7.03. The van der Waals surface area contributed by atoms with Crippen LogP contribution in [-0.2, 0) is 0 Å². The summed E-state index contributed by atoms with van der Waals surface area (Å²) in [6.45, 7) is 12.6. The first-order valence-corrected chi connectivity index (χ1v) is 20.6. The van der Waals surface area contributed by atoms with Gasteiger partial charge in [0.1, 0.15) is 50.6 Å². The van der Waals surface area contributed by atoms with Gasteiger partial charge >= 0.3 is 0 Å². The van der Waals surface area contributed by atoms with Crippen LogP contribution in [0.3, 0.4) is 0 Å². The van der Waals surface area contributed by atoms with E-state index in [9.17, 15) is 0 Å². The van der Waals surface area contributed by atoms with Gasteiger partial charge in [0.2, 0.25) is 0 Å². The minimum atomic E-state index is -2.09. The van der Waals surface area contributed by atoms with E-state index in [1.165, 1.54) is 10.4 Å². The normalized spacial score (nSPS) is 13.0. The van der Waals surface area contributed by atoms with E-state index in [2.05, 4.69) is 74.8 Å². The van der Waals surface area contributed by atoms with Crippen LogP contribution in [0, 0.1) is 0 Å². The molecule has 0 aliphatic rings. The zero-order valence-corrected chi connectivity index (χ0v) is 30.5. The molecular formula is C38H48O6Si2. The second-order valence-corrected chi connectivity index (χ2v) is 19.5. The van der Waals surface area contributed by atoms with Gasteiger partial charge < -0.3 is 28.4 Å². The largest absolute Gasteiger partial charge is 0.497 e. The lowest BCUT2D eigenvalue weighted by molar-refractivity contribution is 0.379. The summed E-state index contributed by atoms with van der Waals surface area (Å²) in [5.41, 5.74) is 0. The molecule has 0 heterocycles. The summed E-state index contributed by atoms with van der Waals surface area (Å²) in [4.78, 5) is 0. The fourth-order valence-corrected chi connectivity index (χ4v) is 13.4. The van der Waals surface area contributed by atoms with Crippen LogP contribution >= 0.6 is 0 Å². The molecule has 6 nitrogen and oxygen atoms in total. The molecule has 0 aliphatic heterocycles. The number of benzene rings is 4. The van der Waals surface area contributed by atoms with Crippen molar-refractivity contribution in [2.45, 2.75) is 25.2 Å². The minimum Gasteiger partial charge on any atom is -0.497 e. The summed E-state index contributed by atoms with van der Waals surface area (Å²) in [5.74, 6) is 4.68. The SMILES string of the molecule is C=CC[Si@@](C)(c1ccccc1)c1c(OC)cc(OC)cc1OC.C=CC[Si@@](C)(c1ccccc1)c1c(OC)cc(OC)cc1OC. The van der Waals surface area contributed by atoms with Crippen molar-refractivity contribution in [3.05, 3.63) is 110 Å². The number of hydrogen-bond acceptors (Lipinski definition) is 6. The smallest absolute Gasteiger partial charge is 0.128 e. The van der Waals surface area contributed by atoms with Gasteiger partial charge in [-0.25, -0.2) is 0 Å². The number of rotatable bonds is 14. The van der Waals surface area contributed by atoms with Crippen LogP contribution in [0.25, 0.3) is 0 Å². The van der Waals surface area contributed by atoms with E-state index in [0.29, 0.717) is 0 Å². The van der Waals surface area contributed by atoms with Crippen molar-refractivity contribution in [2.75, 3.05) is 42.7 Å². The molecule has 8 heteroatoms. The Balaban J connectivity index is 0.000000250. The zero-order chi connectivity index (χ0) is 33.7. The predicted molar refractivity (Wildman–Crippen MR) is 197 cm³/mol. The van der Waals surface area contributed by atoms with E-state index >= 15 is 0 Å².